The number of hydrogen-bond acceptors (Lipinski definition) is 4. The van der Waals surface area contributed by atoms with Gasteiger partial charge < -0.3 is 19.4 Å². The molecule has 162 valence electrons. The van der Waals surface area contributed by atoms with Crippen LogP contribution in [0.5, 0.6) is 0 Å². The first-order valence-corrected chi connectivity index (χ1v) is 11.5. The monoisotopic (exact) mass is 437 g/mol. The van der Waals surface area contributed by atoms with Crippen molar-refractivity contribution < 1.29 is 9.47 Å². The molecule has 31 heavy (non-hydrogen) atoms. The molecular weight excluding hydrogens is 410 g/mol. The first-order valence-electron chi connectivity index (χ1n) is 11.1. The molecule has 1 N–H and O–H groups in total. The third kappa shape index (κ3) is 4.68. The Hall–Kier alpha value is -2.63. The van der Waals surface area contributed by atoms with Crippen molar-refractivity contribution in [2.45, 2.75) is 25.7 Å². The summed E-state index contributed by atoms with van der Waals surface area (Å²) in [6, 6.07) is 6.04. The molecule has 0 bridgehead atoms. The van der Waals surface area contributed by atoms with E-state index in [1.54, 1.807) is 12.5 Å². The van der Waals surface area contributed by atoms with Crippen LogP contribution < -0.4 is 0 Å². The number of piperazine rings is 1. The molecular formula is C25H28ClN3O2. The van der Waals surface area contributed by atoms with Crippen LogP contribution in [0.25, 0.3) is 10.9 Å². The van der Waals surface area contributed by atoms with Gasteiger partial charge in [-0.1, -0.05) is 29.8 Å². The van der Waals surface area contributed by atoms with E-state index in [0.717, 1.165) is 80.6 Å². The number of aryl methyl sites for hydroxylation is 1. The quantitative estimate of drug-likeness (QED) is 0.662. The van der Waals surface area contributed by atoms with E-state index in [-0.39, 0.29) is 0 Å². The summed E-state index contributed by atoms with van der Waals surface area (Å²) in [6.45, 7) is 5.07. The van der Waals surface area contributed by atoms with E-state index < -0.39 is 0 Å². The van der Waals surface area contributed by atoms with Gasteiger partial charge >= 0.3 is 0 Å². The second kappa shape index (κ2) is 9.25. The number of halogens is 1. The van der Waals surface area contributed by atoms with Crippen LogP contribution in [-0.2, 0) is 15.9 Å². The number of allylic oxidation sites excluding steroid dienone is 4. The molecule has 0 unspecified atom stereocenters. The van der Waals surface area contributed by atoms with Crippen LogP contribution in [0.1, 0.15) is 24.8 Å². The number of nitrogens with one attached hydrogen (secondary N) is 1. The standard InChI is InChI=1S/C25H28ClN3O2/c26-21-8-9-23-22(15-21)20(16-27-23)7-4-10-28-11-13-29(14-12-28)25-18-30-24(17-31-25)19-5-2-1-3-6-19/h1-2,5,8-9,15-18,27H,3-4,6-7,10-14H2. The largest absolute Gasteiger partial charge is 0.456 e. The average Bonchev–Trinajstić information content (AvgIpc) is 3.22. The van der Waals surface area contributed by atoms with Gasteiger partial charge in [0.25, 0.3) is 0 Å². The van der Waals surface area contributed by atoms with Crippen LogP contribution >= 0.6 is 11.6 Å². The molecule has 0 saturated carbocycles. The first kappa shape index (κ1) is 20.3. The fourth-order valence-electron chi connectivity index (χ4n) is 4.43. The summed E-state index contributed by atoms with van der Waals surface area (Å²) in [6.07, 6.45) is 16.2. The number of H-pyrrole nitrogens is 1. The topological polar surface area (TPSA) is 40.7 Å². The molecule has 0 spiro atoms. The van der Waals surface area contributed by atoms with Gasteiger partial charge in [-0.2, -0.15) is 0 Å². The molecule has 3 heterocycles. The summed E-state index contributed by atoms with van der Waals surface area (Å²) in [5.41, 5.74) is 3.70. The molecule has 5 nitrogen and oxygen atoms in total. The highest BCUT2D eigenvalue weighted by atomic mass is 35.5. The van der Waals surface area contributed by atoms with Crippen LogP contribution in [0.2, 0.25) is 5.02 Å². The highest BCUT2D eigenvalue weighted by molar-refractivity contribution is 6.31. The van der Waals surface area contributed by atoms with Crippen molar-refractivity contribution in [3.05, 3.63) is 82.9 Å². The van der Waals surface area contributed by atoms with Crippen molar-refractivity contribution in [1.29, 1.82) is 0 Å². The molecule has 3 aliphatic rings. The zero-order chi connectivity index (χ0) is 21.0. The Morgan fingerprint density at radius 1 is 1.06 bits per heavy atom. The van der Waals surface area contributed by atoms with Gasteiger partial charge in [0.1, 0.15) is 6.26 Å². The highest BCUT2D eigenvalue weighted by Crippen LogP contribution is 2.27. The molecule has 2 aromatic rings. The zero-order valence-corrected chi connectivity index (χ0v) is 18.4. The van der Waals surface area contributed by atoms with Gasteiger partial charge in [-0.25, -0.2) is 0 Å². The number of aromatic amines is 1. The van der Waals surface area contributed by atoms with Gasteiger partial charge in [-0.05, 0) is 61.6 Å². The average molecular weight is 438 g/mol. The zero-order valence-electron chi connectivity index (χ0n) is 17.6. The highest BCUT2D eigenvalue weighted by Gasteiger charge is 2.22. The van der Waals surface area contributed by atoms with Crippen LogP contribution in [0, 0.1) is 0 Å². The normalized spacial score (nSPS) is 19.5. The van der Waals surface area contributed by atoms with E-state index in [9.17, 15) is 0 Å². The van der Waals surface area contributed by atoms with Gasteiger partial charge in [-0.15, -0.1) is 0 Å². The molecule has 5 rings (SSSR count). The summed E-state index contributed by atoms with van der Waals surface area (Å²) >= 11 is 6.17. The fraction of sp³-hybridized carbons (Fsp3) is 0.360. The van der Waals surface area contributed by atoms with E-state index >= 15 is 0 Å². The predicted octanol–water partition coefficient (Wildman–Crippen LogP) is 5.34. The van der Waals surface area contributed by atoms with Crippen molar-refractivity contribution in [2.24, 2.45) is 0 Å². The summed E-state index contributed by atoms with van der Waals surface area (Å²) in [5.74, 6) is 1.64. The van der Waals surface area contributed by atoms with Gasteiger partial charge in [0, 0.05) is 48.3 Å². The lowest BCUT2D eigenvalue weighted by molar-refractivity contribution is 0.0842. The second-order valence-electron chi connectivity index (χ2n) is 8.27. The number of hydrogen-bond donors (Lipinski definition) is 1. The molecule has 1 aromatic heterocycles. The minimum Gasteiger partial charge on any atom is -0.456 e. The molecule has 6 heteroatoms. The predicted molar refractivity (Wildman–Crippen MR) is 124 cm³/mol. The second-order valence-corrected chi connectivity index (χ2v) is 8.71. The Labute approximate surface area is 188 Å². The Morgan fingerprint density at radius 3 is 2.74 bits per heavy atom. The lowest BCUT2D eigenvalue weighted by Crippen LogP contribution is -2.46. The van der Waals surface area contributed by atoms with E-state index in [1.807, 2.05) is 12.1 Å². The smallest absolute Gasteiger partial charge is 0.231 e. The van der Waals surface area contributed by atoms with Gasteiger partial charge in [0.15, 0.2) is 12.0 Å². The Morgan fingerprint density at radius 2 is 1.97 bits per heavy atom. The van der Waals surface area contributed by atoms with E-state index in [1.165, 1.54) is 16.5 Å². The number of rotatable bonds is 6. The summed E-state index contributed by atoms with van der Waals surface area (Å²) < 4.78 is 11.8. The van der Waals surface area contributed by atoms with Crippen LogP contribution in [0.4, 0.5) is 0 Å². The SMILES string of the molecule is Clc1ccc2[nH]cc(CCCN3CCN(C4=COC(C5=CC=CCC5)=CO4)CC3)c2c1. The van der Waals surface area contributed by atoms with E-state index in [0.29, 0.717) is 0 Å². The lowest BCUT2D eigenvalue weighted by Gasteiger charge is -2.36. The number of ether oxygens (including phenoxy) is 2. The van der Waals surface area contributed by atoms with Crippen LogP contribution in [0.15, 0.2) is 72.4 Å². The third-order valence-corrected chi connectivity index (χ3v) is 6.47. The lowest BCUT2D eigenvalue weighted by atomic mass is 10.0. The van der Waals surface area contributed by atoms with Crippen molar-refractivity contribution in [1.82, 2.24) is 14.8 Å². The molecule has 0 atom stereocenters. The fourth-order valence-corrected chi connectivity index (χ4v) is 4.61. The molecule has 1 aliphatic carbocycles. The van der Waals surface area contributed by atoms with Crippen LogP contribution in [-0.4, -0.2) is 47.5 Å². The van der Waals surface area contributed by atoms with Crippen LogP contribution in [0.3, 0.4) is 0 Å². The van der Waals surface area contributed by atoms with Gasteiger partial charge in [0.2, 0.25) is 5.88 Å². The van der Waals surface area contributed by atoms with Crippen molar-refractivity contribution in [2.75, 3.05) is 32.7 Å². The van der Waals surface area contributed by atoms with Crippen molar-refractivity contribution in [3.63, 3.8) is 0 Å². The Kier molecular flexibility index (Phi) is 6.05. The Balaban J connectivity index is 1.07. The maximum Gasteiger partial charge on any atom is 0.231 e. The number of benzene rings is 1. The molecule has 0 amide bonds. The van der Waals surface area contributed by atoms with Gasteiger partial charge in [0.05, 0.1) is 0 Å². The molecule has 1 fully saturated rings. The summed E-state index contributed by atoms with van der Waals surface area (Å²) in [7, 11) is 0. The minimum atomic E-state index is 0.793. The molecule has 1 aromatic carbocycles. The third-order valence-electron chi connectivity index (χ3n) is 6.24. The van der Waals surface area contributed by atoms with E-state index in [2.05, 4.69) is 45.3 Å². The van der Waals surface area contributed by atoms with Crippen molar-refractivity contribution in [3.8, 4) is 0 Å². The van der Waals surface area contributed by atoms with Gasteiger partial charge in [-0.3, -0.25) is 4.90 Å². The first-order chi connectivity index (χ1) is 15.3. The number of nitrogens with zero attached hydrogens (tertiary/aromatic N) is 2. The van der Waals surface area contributed by atoms with E-state index in [4.69, 9.17) is 21.1 Å². The summed E-state index contributed by atoms with van der Waals surface area (Å²) in [5, 5.41) is 2.04. The van der Waals surface area contributed by atoms with Crippen molar-refractivity contribution >= 4 is 22.5 Å². The molecule has 2 aliphatic heterocycles. The maximum atomic E-state index is 6.17. The maximum absolute atomic E-state index is 6.17. The molecule has 0 radical (unpaired) electrons. The number of aromatic nitrogens is 1. The molecule has 1 saturated heterocycles. The minimum absolute atomic E-state index is 0.793. The summed E-state index contributed by atoms with van der Waals surface area (Å²) in [4.78, 5) is 8.14. The Bertz CT molecular complexity index is 1060. The number of fused-ring (bicyclic) bond motifs is 1.